The van der Waals surface area contributed by atoms with Gasteiger partial charge in [0, 0.05) is 12.3 Å². The van der Waals surface area contributed by atoms with E-state index >= 15 is 0 Å². The highest BCUT2D eigenvalue weighted by molar-refractivity contribution is 4.91. The van der Waals surface area contributed by atoms with Crippen LogP contribution >= 0.6 is 0 Å². The van der Waals surface area contributed by atoms with Gasteiger partial charge in [-0.25, -0.2) is 0 Å². The van der Waals surface area contributed by atoms with Gasteiger partial charge in [0.25, 0.3) is 0 Å². The first-order valence-electron chi connectivity index (χ1n) is 6.19. The van der Waals surface area contributed by atoms with Gasteiger partial charge in [-0.3, -0.25) is 0 Å². The largest absolute Gasteiger partial charge is 0.339 e. The van der Waals surface area contributed by atoms with Crippen LogP contribution in [0.4, 0.5) is 0 Å². The van der Waals surface area contributed by atoms with Crippen LogP contribution in [0.15, 0.2) is 4.52 Å². The van der Waals surface area contributed by atoms with Crippen molar-refractivity contribution in [1.82, 2.24) is 10.1 Å². The number of aromatic nitrogens is 2. The third kappa shape index (κ3) is 3.93. The molecule has 0 bridgehead atoms. The third-order valence-corrected chi connectivity index (χ3v) is 2.92. The van der Waals surface area contributed by atoms with Crippen LogP contribution in [-0.4, -0.2) is 16.7 Å². The Hall–Kier alpha value is -0.900. The molecule has 92 valence electrons. The van der Waals surface area contributed by atoms with E-state index in [9.17, 15) is 0 Å². The minimum atomic E-state index is 0.337. The summed E-state index contributed by atoms with van der Waals surface area (Å²) >= 11 is 0. The van der Waals surface area contributed by atoms with Crippen molar-refractivity contribution in [2.75, 3.05) is 6.54 Å². The van der Waals surface area contributed by atoms with Crippen LogP contribution in [0.1, 0.15) is 57.7 Å². The number of hydrogen-bond acceptors (Lipinski definition) is 4. The standard InChI is InChI=1S/C12H23N3O/c1-4-10(7-8-13)5-6-11-14-12(9(2)3)15-16-11/h9-10H,4-8,13H2,1-3H3. The maximum absolute atomic E-state index is 5.57. The predicted molar refractivity (Wildman–Crippen MR) is 64.2 cm³/mol. The number of aryl methyl sites for hydroxylation is 1. The van der Waals surface area contributed by atoms with Crippen molar-refractivity contribution < 1.29 is 4.52 Å². The maximum atomic E-state index is 5.57. The van der Waals surface area contributed by atoms with Gasteiger partial charge in [-0.1, -0.05) is 32.3 Å². The van der Waals surface area contributed by atoms with E-state index in [4.69, 9.17) is 10.3 Å². The average Bonchev–Trinajstić information content (AvgIpc) is 2.73. The van der Waals surface area contributed by atoms with Crippen LogP contribution in [0.2, 0.25) is 0 Å². The topological polar surface area (TPSA) is 64.9 Å². The van der Waals surface area contributed by atoms with Gasteiger partial charge in [0.2, 0.25) is 5.89 Å². The second-order valence-corrected chi connectivity index (χ2v) is 4.59. The summed E-state index contributed by atoms with van der Waals surface area (Å²) in [6.07, 6.45) is 4.22. The second kappa shape index (κ2) is 6.63. The molecule has 0 saturated heterocycles. The van der Waals surface area contributed by atoms with E-state index < -0.39 is 0 Å². The number of hydrogen-bond donors (Lipinski definition) is 1. The molecule has 2 N–H and O–H groups in total. The molecule has 1 rings (SSSR count). The Balaban J connectivity index is 2.41. The number of nitrogens with zero attached hydrogens (tertiary/aromatic N) is 2. The SMILES string of the molecule is CCC(CCN)CCc1nc(C(C)C)no1. The molecule has 0 amide bonds. The molecule has 0 aliphatic carbocycles. The summed E-state index contributed by atoms with van der Waals surface area (Å²) in [6.45, 7) is 7.10. The van der Waals surface area contributed by atoms with Gasteiger partial charge in [-0.15, -0.1) is 0 Å². The van der Waals surface area contributed by atoms with Gasteiger partial charge < -0.3 is 10.3 Å². The van der Waals surface area contributed by atoms with E-state index in [0.29, 0.717) is 11.8 Å². The predicted octanol–water partition coefficient (Wildman–Crippen LogP) is 2.50. The summed E-state index contributed by atoms with van der Waals surface area (Å²) in [5, 5.41) is 3.95. The average molecular weight is 225 g/mol. The molecule has 0 spiro atoms. The Labute approximate surface area is 97.6 Å². The Morgan fingerprint density at radius 3 is 2.56 bits per heavy atom. The van der Waals surface area contributed by atoms with Crippen molar-refractivity contribution in [2.24, 2.45) is 11.7 Å². The first kappa shape index (κ1) is 13.2. The fourth-order valence-corrected chi connectivity index (χ4v) is 1.72. The lowest BCUT2D eigenvalue weighted by molar-refractivity contribution is 0.349. The van der Waals surface area contributed by atoms with Crippen LogP contribution in [0, 0.1) is 5.92 Å². The molecule has 0 radical (unpaired) electrons. The highest BCUT2D eigenvalue weighted by Gasteiger charge is 2.11. The van der Waals surface area contributed by atoms with Crippen molar-refractivity contribution in [3.05, 3.63) is 11.7 Å². The third-order valence-electron chi connectivity index (χ3n) is 2.92. The molecule has 4 nitrogen and oxygen atoms in total. The van der Waals surface area contributed by atoms with E-state index in [1.54, 1.807) is 0 Å². The Morgan fingerprint density at radius 1 is 1.31 bits per heavy atom. The molecule has 0 aliphatic rings. The van der Waals surface area contributed by atoms with E-state index in [2.05, 4.69) is 30.9 Å². The van der Waals surface area contributed by atoms with Crippen LogP contribution in [0.3, 0.4) is 0 Å². The zero-order chi connectivity index (χ0) is 12.0. The lowest BCUT2D eigenvalue weighted by Gasteiger charge is -2.11. The molecular weight excluding hydrogens is 202 g/mol. The van der Waals surface area contributed by atoms with Crippen molar-refractivity contribution in [1.29, 1.82) is 0 Å². The fraction of sp³-hybridized carbons (Fsp3) is 0.833. The maximum Gasteiger partial charge on any atom is 0.226 e. The van der Waals surface area contributed by atoms with E-state index in [0.717, 1.165) is 37.5 Å². The monoisotopic (exact) mass is 225 g/mol. The van der Waals surface area contributed by atoms with Gasteiger partial charge in [0.15, 0.2) is 5.82 Å². The zero-order valence-electron chi connectivity index (χ0n) is 10.6. The molecule has 1 aromatic rings. The van der Waals surface area contributed by atoms with Crippen molar-refractivity contribution in [3.8, 4) is 0 Å². The molecule has 1 atom stereocenters. The second-order valence-electron chi connectivity index (χ2n) is 4.59. The summed E-state index contributed by atoms with van der Waals surface area (Å²) in [5.41, 5.74) is 5.57. The van der Waals surface area contributed by atoms with Gasteiger partial charge in [-0.2, -0.15) is 4.98 Å². The highest BCUT2D eigenvalue weighted by Crippen LogP contribution is 2.16. The normalized spacial score (nSPS) is 13.3. The van der Waals surface area contributed by atoms with Crippen LogP contribution in [0.25, 0.3) is 0 Å². The minimum absolute atomic E-state index is 0.337. The van der Waals surface area contributed by atoms with E-state index in [1.807, 2.05) is 0 Å². The fourth-order valence-electron chi connectivity index (χ4n) is 1.72. The summed E-state index contributed by atoms with van der Waals surface area (Å²) in [4.78, 5) is 4.37. The number of rotatable bonds is 7. The van der Waals surface area contributed by atoms with E-state index in [1.165, 1.54) is 6.42 Å². The van der Waals surface area contributed by atoms with Crippen molar-refractivity contribution in [2.45, 2.75) is 52.4 Å². The quantitative estimate of drug-likeness (QED) is 0.774. The first-order valence-corrected chi connectivity index (χ1v) is 6.19. The van der Waals surface area contributed by atoms with Crippen LogP contribution < -0.4 is 5.73 Å². The zero-order valence-corrected chi connectivity index (χ0v) is 10.6. The van der Waals surface area contributed by atoms with Gasteiger partial charge in [0.05, 0.1) is 0 Å². The molecule has 16 heavy (non-hydrogen) atoms. The molecule has 4 heteroatoms. The number of nitrogens with two attached hydrogens (primary N) is 1. The Morgan fingerprint density at radius 2 is 2.06 bits per heavy atom. The first-order chi connectivity index (χ1) is 7.67. The summed E-state index contributed by atoms with van der Waals surface area (Å²) in [5.74, 6) is 2.59. The minimum Gasteiger partial charge on any atom is -0.339 e. The van der Waals surface area contributed by atoms with Crippen LogP contribution in [0.5, 0.6) is 0 Å². The molecule has 0 fully saturated rings. The highest BCUT2D eigenvalue weighted by atomic mass is 16.5. The smallest absolute Gasteiger partial charge is 0.226 e. The van der Waals surface area contributed by atoms with Crippen molar-refractivity contribution >= 4 is 0 Å². The van der Waals surface area contributed by atoms with Crippen molar-refractivity contribution in [3.63, 3.8) is 0 Å². The van der Waals surface area contributed by atoms with E-state index in [-0.39, 0.29) is 0 Å². The molecule has 1 heterocycles. The molecule has 0 saturated carbocycles. The van der Waals surface area contributed by atoms with Crippen LogP contribution in [-0.2, 0) is 6.42 Å². The van der Waals surface area contributed by atoms with Gasteiger partial charge in [0.1, 0.15) is 0 Å². The summed E-state index contributed by atoms with van der Waals surface area (Å²) < 4.78 is 5.21. The lowest BCUT2D eigenvalue weighted by Crippen LogP contribution is -2.09. The van der Waals surface area contributed by atoms with Gasteiger partial charge in [-0.05, 0) is 25.3 Å². The Bertz CT molecular complexity index is 296. The molecule has 1 aromatic heterocycles. The summed E-state index contributed by atoms with van der Waals surface area (Å²) in [6, 6.07) is 0. The Kier molecular flexibility index (Phi) is 5.46. The molecule has 0 aliphatic heterocycles. The molecule has 1 unspecified atom stereocenters. The lowest BCUT2D eigenvalue weighted by atomic mass is 9.97. The van der Waals surface area contributed by atoms with Gasteiger partial charge >= 0.3 is 0 Å². The summed E-state index contributed by atoms with van der Waals surface area (Å²) in [7, 11) is 0. The molecular formula is C12H23N3O. The molecule has 0 aromatic carbocycles.